The average Bonchev–Trinajstić information content (AvgIpc) is 3.04. The lowest BCUT2D eigenvalue weighted by Gasteiger charge is -2.19. The molecular weight excluding hydrogens is 527 g/mol. The zero-order valence-corrected chi connectivity index (χ0v) is 20.3. The number of hydrogen-bond donors (Lipinski definition) is 0. The Morgan fingerprint density at radius 1 is 1.29 bits per heavy atom. The van der Waals surface area contributed by atoms with Crippen molar-refractivity contribution in [3.63, 3.8) is 0 Å². The van der Waals surface area contributed by atoms with Crippen molar-refractivity contribution in [2.75, 3.05) is 7.11 Å². The number of rotatable bonds is 7. The second kappa shape index (κ2) is 10.2. The Balaban J connectivity index is 1.86. The first kappa shape index (κ1) is 23.2. The van der Waals surface area contributed by atoms with Gasteiger partial charge in [-0.1, -0.05) is 25.1 Å². The average molecular weight is 548 g/mol. The number of methoxy groups -OCH3 is 1. The highest BCUT2D eigenvalue weighted by molar-refractivity contribution is 14.1. The van der Waals surface area contributed by atoms with Crippen LogP contribution in [-0.4, -0.2) is 29.2 Å². The van der Waals surface area contributed by atoms with Gasteiger partial charge in [-0.2, -0.15) is 5.26 Å². The maximum absolute atomic E-state index is 12.7. The third-order valence-corrected chi connectivity index (χ3v) is 6.60. The molecule has 0 radical (unpaired) electrons. The van der Waals surface area contributed by atoms with E-state index in [1.807, 2.05) is 38.1 Å². The van der Waals surface area contributed by atoms with Crippen molar-refractivity contribution in [3.05, 3.63) is 61.6 Å². The highest BCUT2D eigenvalue weighted by Gasteiger charge is 2.37. The Labute approximate surface area is 199 Å². The van der Waals surface area contributed by atoms with Crippen LogP contribution in [-0.2, 0) is 11.4 Å². The van der Waals surface area contributed by atoms with E-state index in [1.54, 1.807) is 25.3 Å². The van der Waals surface area contributed by atoms with Gasteiger partial charge < -0.3 is 9.47 Å². The van der Waals surface area contributed by atoms with E-state index >= 15 is 0 Å². The molecule has 6 nitrogen and oxygen atoms in total. The Hall–Kier alpha value is -2.51. The Bertz CT molecular complexity index is 1090. The van der Waals surface area contributed by atoms with E-state index in [1.165, 1.54) is 4.90 Å². The number of imide groups is 1. The fourth-order valence-electron chi connectivity index (χ4n) is 3.06. The molecule has 2 aromatic rings. The van der Waals surface area contributed by atoms with Crippen LogP contribution < -0.4 is 9.47 Å². The summed E-state index contributed by atoms with van der Waals surface area (Å²) >= 11 is 3.09. The normalized spacial score (nSPS) is 15.8. The molecule has 0 N–H and O–H groups in total. The lowest BCUT2D eigenvalue weighted by molar-refractivity contribution is -0.124. The zero-order chi connectivity index (χ0) is 22.5. The predicted molar refractivity (Wildman–Crippen MR) is 129 cm³/mol. The molecule has 1 saturated heterocycles. The first-order valence-electron chi connectivity index (χ1n) is 9.65. The summed E-state index contributed by atoms with van der Waals surface area (Å²) in [5, 5.41) is 9.01. The van der Waals surface area contributed by atoms with E-state index in [0.29, 0.717) is 28.4 Å². The molecule has 0 aliphatic carbocycles. The van der Waals surface area contributed by atoms with Gasteiger partial charge in [-0.25, -0.2) is 0 Å². The van der Waals surface area contributed by atoms with Crippen LogP contribution in [0.3, 0.4) is 0 Å². The molecule has 0 bridgehead atoms. The summed E-state index contributed by atoms with van der Waals surface area (Å²) in [7, 11) is 1.54. The van der Waals surface area contributed by atoms with Crippen LogP contribution in [0, 0.1) is 14.9 Å². The first-order valence-corrected chi connectivity index (χ1v) is 11.5. The largest absolute Gasteiger partial charge is 0.493 e. The van der Waals surface area contributed by atoms with Gasteiger partial charge in [-0.05, 0) is 77.5 Å². The Morgan fingerprint density at radius 3 is 2.71 bits per heavy atom. The van der Waals surface area contributed by atoms with Crippen molar-refractivity contribution in [2.24, 2.45) is 0 Å². The van der Waals surface area contributed by atoms with Crippen molar-refractivity contribution in [2.45, 2.75) is 32.9 Å². The summed E-state index contributed by atoms with van der Waals surface area (Å²) in [4.78, 5) is 26.6. The number of nitrogens with zero attached hydrogens (tertiary/aromatic N) is 2. The van der Waals surface area contributed by atoms with Gasteiger partial charge in [0.1, 0.15) is 6.61 Å². The topological polar surface area (TPSA) is 79.6 Å². The molecule has 1 atom stereocenters. The highest BCUT2D eigenvalue weighted by atomic mass is 127. The quantitative estimate of drug-likeness (QED) is 0.332. The lowest BCUT2D eigenvalue weighted by atomic mass is 10.1. The van der Waals surface area contributed by atoms with E-state index in [2.05, 4.69) is 28.7 Å². The SMILES string of the molecule is CCC(C)N1C(=O)SC(=Cc2cc(I)c(OCc3ccccc3C#N)c(OC)c2)C1=O. The second-order valence-electron chi connectivity index (χ2n) is 6.90. The number of benzene rings is 2. The molecular formula is C23H21IN2O4S. The number of carbonyl (C=O) groups is 2. The van der Waals surface area contributed by atoms with Crippen molar-refractivity contribution in [1.82, 2.24) is 4.90 Å². The summed E-state index contributed by atoms with van der Waals surface area (Å²) in [5.41, 5.74) is 2.08. The van der Waals surface area contributed by atoms with Gasteiger partial charge in [-0.15, -0.1) is 0 Å². The number of halogens is 1. The van der Waals surface area contributed by atoms with Crippen molar-refractivity contribution in [1.29, 1.82) is 5.26 Å². The highest BCUT2D eigenvalue weighted by Crippen LogP contribution is 2.38. The Kier molecular flexibility index (Phi) is 7.62. The Morgan fingerprint density at radius 2 is 2.03 bits per heavy atom. The van der Waals surface area contributed by atoms with Crippen LogP contribution in [0.15, 0.2) is 41.3 Å². The maximum Gasteiger partial charge on any atom is 0.293 e. The van der Waals surface area contributed by atoms with Gasteiger partial charge in [0.2, 0.25) is 0 Å². The van der Waals surface area contributed by atoms with Crippen molar-refractivity contribution < 1.29 is 19.1 Å². The number of carbonyl (C=O) groups excluding carboxylic acids is 2. The molecule has 31 heavy (non-hydrogen) atoms. The summed E-state index contributed by atoms with van der Waals surface area (Å²) in [6.07, 6.45) is 2.41. The van der Waals surface area contributed by atoms with Gasteiger partial charge in [-0.3, -0.25) is 14.5 Å². The van der Waals surface area contributed by atoms with Gasteiger partial charge in [0.15, 0.2) is 11.5 Å². The predicted octanol–water partition coefficient (Wildman–Crippen LogP) is 5.59. The van der Waals surface area contributed by atoms with Crippen LogP contribution in [0.5, 0.6) is 11.5 Å². The van der Waals surface area contributed by atoms with Gasteiger partial charge in [0.25, 0.3) is 11.1 Å². The minimum absolute atomic E-state index is 0.139. The minimum Gasteiger partial charge on any atom is -0.493 e. The summed E-state index contributed by atoms with van der Waals surface area (Å²) in [5.74, 6) is 0.793. The lowest BCUT2D eigenvalue weighted by Crippen LogP contribution is -2.36. The van der Waals surface area contributed by atoms with Crippen molar-refractivity contribution in [3.8, 4) is 17.6 Å². The smallest absolute Gasteiger partial charge is 0.293 e. The third-order valence-electron chi connectivity index (χ3n) is 4.91. The van der Waals surface area contributed by atoms with Crippen LogP contribution in [0.4, 0.5) is 4.79 Å². The molecule has 2 amide bonds. The van der Waals surface area contributed by atoms with Crippen LogP contribution >= 0.6 is 34.4 Å². The van der Waals surface area contributed by atoms with Crippen LogP contribution in [0.2, 0.25) is 0 Å². The molecule has 160 valence electrons. The summed E-state index contributed by atoms with van der Waals surface area (Å²) in [6.45, 7) is 4.03. The summed E-state index contributed by atoms with van der Waals surface area (Å²) < 4.78 is 12.3. The number of nitriles is 1. The number of thioether (sulfide) groups is 1. The van der Waals surface area contributed by atoms with Crippen LogP contribution in [0.1, 0.15) is 37.0 Å². The third kappa shape index (κ3) is 5.05. The molecule has 1 heterocycles. The molecule has 1 aliphatic rings. The maximum atomic E-state index is 12.7. The molecule has 1 fully saturated rings. The van der Waals surface area contributed by atoms with Gasteiger partial charge >= 0.3 is 0 Å². The van der Waals surface area contributed by atoms with E-state index in [0.717, 1.165) is 26.5 Å². The first-order chi connectivity index (χ1) is 14.9. The number of amides is 2. The van der Waals surface area contributed by atoms with Gasteiger partial charge in [0.05, 0.1) is 27.2 Å². The standard InChI is InChI=1S/C23H21IN2O4S/c1-4-14(2)26-22(27)20(31-23(26)28)11-15-9-18(24)21(19(10-15)29-3)30-13-17-8-6-5-7-16(17)12-25/h5-11,14H,4,13H2,1-3H3. The molecule has 2 aromatic carbocycles. The second-order valence-corrected chi connectivity index (χ2v) is 9.06. The van der Waals surface area contributed by atoms with Gasteiger partial charge in [0, 0.05) is 11.6 Å². The van der Waals surface area contributed by atoms with Crippen LogP contribution in [0.25, 0.3) is 6.08 Å². The fraction of sp³-hybridized carbons (Fsp3) is 0.261. The number of hydrogen-bond acceptors (Lipinski definition) is 6. The van der Waals surface area contributed by atoms with E-state index in [-0.39, 0.29) is 23.8 Å². The molecule has 1 unspecified atom stereocenters. The monoisotopic (exact) mass is 548 g/mol. The molecule has 8 heteroatoms. The molecule has 0 saturated carbocycles. The van der Waals surface area contributed by atoms with Crippen molar-refractivity contribution >= 4 is 51.6 Å². The molecule has 1 aliphatic heterocycles. The minimum atomic E-state index is -0.272. The van der Waals surface area contributed by atoms with E-state index in [4.69, 9.17) is 9.47 Å². The van der Waals surface area contributed by atoms with E-state index in [9.17, 15) is 14.9 Å². The zero-order valence-electron chi connectivity index (χ0n) is 17.3. The molecule has 0 aromatic heterocycles. The number of ether oxygens (including phenoxy) is 2. The fourth-order valence-corrected chi connectivity index (χ4v) is 4.77. The summed E-state index contributed by atoms with van der Waals surface area (Å²) in [6, 6.07) is 12.9. The molecule has 0 spiro atoms. The molecule has 3 rings (SSSR count). The van der Waals surface area contributed by atoms with E-state index < -0.39 is 0 Å².